The van der Waals surface area contributed by atoms with Crippen LogP contribution in [0.15, 0.2) is 42.9 Å². The first-order valence-corrected chi connectivity index (χ1v) is 10.3. The first-order valence-electron chi connectivity index (χ1n) is 10.3. The van der Waals surface area contributed by atoms with Crippen molar-refractivity contribution in [3.8, 4) is 22.8 Å². The molecule has 0 atom stereocenters. The Morgan fingerprint density at radius 1 is 1.09 bits per heavy atom. The quantitative estimate of drug-likeness (QED) is 0.452. The number of methoxy groups -OCH3 is 2. The van der Waals surface area contributed by atoms with E-state index >= 15 is 0 Å². The number of hydrogen-bond donors (Lipinski definition) is 1. The Kier molecular flexibility index (Phi) is 6.01. The van der Waals surface area contributed by atoms with E-state index in [0.29, 0.717) is 34.0 Å². The van der Waals surface area contributed by atoms with Gasteiger partial charge in [0, 0.05) is 23.9 Å². The molecule has 1 N–H and O–H groups in total. The molecule has 0 aliphatic heterocycles. The number of aromatic nitrogens is 5. The lowest BCUT2D eigenvalue weighted by Gasteiger charge is -2.18. The monoisotopic (exact) mass is 466 g/mol. The molecule has 0 spiro atoms. The Bertz CT molecular complexity index is 1370. The fourth-order valence-electron chi connectivity index (χ4n) is 3.04. The molecule has 0 bridgehead atoms. The van der Waals surface area contributed by atoms with E-state index in [-0.39, 0.29) is 11.4 Å². The van der Waals surface area contributed by atoms with Crippen molar-refractivity contribution in [3.05, 3.63) is 48.7 Å². The molecule has 0 saturated heterocycles. The average Bonchev–Trinajstić information content (AvgIpc) is 3.29. The fourth-order valence-corrected chi connectivity index (χ4v) is 3.04. The normalized spacial score (nSPS) is 11.4. The Balaban J connectivity index is 1.63. The van der Waals surface area contributed by atoms with E-state index in [1.54, 1.807) is 39.1 Å². The number of hydrogen-bond acceptors (Lipinski definition) is 9. The standard InChI is InChI=1S/C23H23FN6O4/c1-23(2,3)34-22(31)30-12-13(10-26-30)17-11-25-15-6-7-19(29-21(15)28-17)27-16-8-14(32-4)9-18(33-5)20(16)24/h6-12H,1-5H3,(H,27,28,29). The van der Waals surface area contributed by atoms with Crippen molar-refractivity contribution in [2.24, 2.45) is 0 Å². The molecule has 34 heavy (non-hydrogen) atoms. The summed E-state index contributed by atoms with van der Waals surface area (Å²) in [6.07, 6.45) is 3.94. The van der Waals surface area contributed by atoms with Crippen molar-refractivity contribution in [3.63, 3.8) is 0 Å². The van der Waals surface area contributed by atoms with Crippen LogP contribution in [-0.4, -0.2) is 50.6 Å². The molecular formula is C23H23FN6O4. The van der Waals surface area contributed by atoms with Crippen LogP contribution in [0.5, 0.6) is 11.5 Å². The fraction of sp³-hybridized carbons (Fsp3) is 0.261. The second-order valence-corrected chi connectivity index (χ2v) is 8.26. The molecule has 11 heteroatoms. The highest BCUT2D eigenvalue weighted by Gasteiger charge is 2.19. The van der Waals surface area contributed by atoms with Gasteiger partial charge in [-0.2, -0.15) is 9.78 Å². The highest BCUT2D eigenvalue weighted by molar-refractivity contribution is 5.77. The lowest BCUT2D eigenvalue weighted by molar-refractivity contribution is 0.0514. The average molecular weight is 466 g/mol. The third-order valence-electron chi connectivity index (χ3n) is 4.60. The Morgan fingerprint density at radius 3 is 2.59 bits per heavy atom. The van der Waals surface area contributed by atoms with E-state index < -0.39 is 17.5 Å². The summed E-state index contributed by atoms with van der Waals surface area (Å²) in [5.74, 6) is 0.217. The van der Waals surface area contributed by atoms with E-state index in [1.165, 1.54) is 38.7 Å². The third-order valence-corrected chi connectivity index (χ3v) is 4.60. The van der Waals surface area contributed by atoms with Crippen LogP contribution in [-0.2, 0) is 4.74 Å². The summed E-state index contributed by atoms with van der Waals surface area (Å²) in [5.41, 5.74) is 1.36. The van der Waals surface area contributed by atoms with Crippen LogP contribution in [0, 0.1) is 5.82 Å². The highest BCUT2D eigenvalue weighted by Crippen LogP contribution is 2.32. The van der Waals surface area contributed by atoms with Gasteiger partial charge in [0.25, 0.3) is 0 Å². The molecule has 0 radical (unpaired) electrons. The zero-order chi connectivity index (χ0) is 24.5. The van der Waals surface area contributed by atoms with Crippen molar-refractivity contribution in [2.75, 3.05) is 19.5 Å². The van der Waals surface area contributed by atoms with Crippen LogP contribution in [0.1, 0.15) is 20.8 Å². The molecule has 4 rings (SSSR count). The van der Waals surface area contributed by atoms with Crippen LogP contribution in [0.2, 0.25) is 0 Å². The number of carbonyl (C=O) groups excluding carboxylic acids is 1. The third kappa shape index (κ3) is 4.87. The molecule has 0 aliphatic rings. The predicted molar refractivity (Wildman–Crippen MR) is 123 cm³/mol. The number of fused-ring (bicyclic) bond motifs is 1. The minimum absolute atomic E-state index is 0.0340. The van der Waals surface area contributed by atoms with Crippen LogP contribution in [0.4, 0.5) is 20.7 Å². The number of carbonyl (C=O) groups is 1. The van der Waals surface area contributed by atoms with Gasteiger partial charge in [-0.05, 0) is 32.9 Å². The Hall–Kier alpha value is -4.28. The summed E-state index contributed by atoms with van der Waals surface area (Å²) < 4.78 is 31.4. The van der Waals surface area contributed by atoms with Gasteiger partial charge in [0.1, 0.15) is 22.7 Å². The van der Waals surface area contributed by atoms with Gasteiger partial charge in [-0.15, -0.1) is 0 Å². The molecule has 0 saturated carbocycles. The number of benzene rings is 1. The second-order valence-electron chi connectivity index (χ2n) is 8.26. The maximum Gasteiger partial charge on any atom is 0.435 e. The number of anilines is 2. The number of halogens is 1. The summed E-state index contributed by atoms with van der Waals surface area (Å²) in [7, 11) is 2.85. The van der Waals surface area contributed by atoms with E-state index in [2.05, 4.69) is 25.4 Å². The molecule has 0 unspecified atom stereocenters. The maximum atomic E-state index is 14.7. The Morgan fingerprint density at radius 2 is 1.88 bits per heavy atom. The van der Waals surface area contributed by atoms with Crippen LogP contribution >= 0.6 is 0 Å². The Labute approximate surface area is 194 Å². The van der Waals surface area contributed by atoms with Gasteiger partial charge in [0.05, 0.1) is 38.0 Å². The molecule has 0 aliphatic carbocycles. The molecule has 3 aromatic heterocycles. The molecule has 4 aromatic rings. The van der Waals surface area contributed by atoms with Crippen LogP contribution in [0.25, 0.3) is 22.4 Å². The second kappa shape index (κ2) is 8.93. The summed E-state index contributed by atoms with van der Waals surface area (Å²) >= 11 is 0. The van der Waals surface area contributed by atoms with E-state index in [0.717, 1.165) is 4.68 Å². The van der Waals surface area contributed by atoms with Crippen molar-refractivity contribution in [2.45, 2.75) is 26.4 Å². The van der Waals surface area contributed by atoms with Gasteiger partial charge in [-0.25, -0.2) is 19.2 Å². The number of rotatable bonds is 5. The molecule has 0 fully saturated rings. The van der Waals surface area contributed by atoms with Gasteiger partial charge in [-0.1, -0.05) is 0 Å². The number of ether oxygens (including phenoxy) is 3. The lowest BCUT2D eigenvalue weighted by Crippen LogP contribution is -2.27. The van der Waals surface area contributed by atoms with Crippen molar-refractivity contribution in [1.82, 2.24) is 24.7 Å². The topological polar surface area (TPSA) is 113 Å². The van der Waals surface area contributed by atoms with Crippen molar-refractivity contribution in [1.29, 1.82) is 0 Å². The summed E-state index contributed by atoms with van der Waals surface area (Å²) in [4.78, 5) is 25.6. The van der Waals surface area contributed by atoms with Gasteiger partial charge >= 0.3 is 6.09 Å². The predicted octanol–water partition coefficient (Wildman–Crippen LogP) is 4.57. The summed E-state index contributed by atoms with van der Waals surface area (Å²) in [6, 6.07) is 6.31. The molecule has 10 nitrogen and oxygen atoms in total. The van der Waals surface area contributed by atoms with Crippen LogP contribution in [0.3, 0.4) is 0 Å². The number of nitrogens with one attached hydrogen (secondary N) is 1. The lowest BCUT2D eigenvalue weighted by atomic mass is 10.2. The smallest absolute Gasteiger partial charge is 0.435 e. The summed E-state index contributed by atoms with van der Waals surface area (Å²) in [6.45, 7) is 5.32. The van der Waals surface area contributed by atoms with Gasteiger partial charge in [-0.3, -0.25) is 4.98 Å². The molecule has 3 heterocycles. The highest BCUT2D eigenvalue weighted by atomic mass is 19.1. The maximum absolute atomic E-state index is 14.7. The largest absolute Gasteiger partial charge is 0.497 e. The van der Waals surface area contributed by atoms with Crippen molar-refractivity contribution >= 4 is 28.8 Å². The SMILES string of the molecule is COc1cc(Nc2ccc3ncc(-c4cnn(C(=O)OC(C)(C)C)c4)nc3n2)c(F)c(OC)c1. The van der Waals surface area contributed by atoms with Crippen LogP contribution < -0.4 is 14.8 Å². The zero-order valence-corrected chi connectivity index (χ0v) is 19.3. The first-order chi connectivity index (χ1) is 16.2. The van der Waals surface area contributed by atoms with Gasteiger partial charge < -0.3 is 19.5 Å². The summed E-state index contributed by atoms with van der Waals surface area (Å²) in [5, 5.41) is 6.97. The van der Waals surface area contributed by atoms with E-state index in [1.807, 2.05) is 0 Å². The van der Waals surface area contributed by atoms with Gasteiger partial charge in [0.15, 0.2) is 17.2 Å². The van der Waals surface area contributed by atoms with E-state index in [9.17, 15) is 9.18 Å². The number of nitrogens with zero attached hydrogens (tertiary/aromatic N) is 5. The first kappa shape index (κ1) is 22.9. The van der Waals surface area contributed by atoms with Gasteiger partial charge in [0.2, 0.25) is 0 Å². The minimum Gasteiger partial charge on any atom is -0.497 e. The molecule has 176 valence electrons. The zero-order valence-electron chi connectivity index (χ0n) is 19.3. The number of pyridine rings is 1. The molecule has 1 aromatic carbocycles. The van der Waals surface area contributed by atoms with Crippen molar-refractivity contribution < 1.29 is 23.4 Å². The van der Waals surface area contributed by atoms with E-state index in [4.69, 9.17) is 14.2 Å². The molecular weight excluding hydrogens is 443 g/mol. The minimum atomic E-state index is -0.647. The molecule has 0 amide bonds.